The third-order valence-electron chi connectivity index (χ3n) is 3.20. The zero-order valence-electron chi connectivity index (χ0n) is 11.9. The zero-order valence-corrected chi connectivity index (χ0v) is 11.9. The number of esters is 2. The minimum absolute atomic E-state index is 0.154. The average Bonchev–Trinajstić information content (AvgIpc) is 2.92. The molecule has 1 spiro atoms. The van der Waals surface area contributed by atoms with Crippen LogP contribution < -0.4 is 10.1 Å². The van der Waals surface area contributed by atoms with Crippen LogP contribution >= 0.6 is 0 Å². The highest BCUT2D eigenvalue weighted by Crippen LogP contribution is 2.35. The minimum Gasteiger partial charge on any atom is -0.464 e. The maximum atomic E-state index is 11.8. The molecule has 22 heavy (non-hydrogen) atoms. The molecule has 2 heterocycles. The fourth-order valence-corrected chi connectivity index (χ4v) is 2.17. The van der Waals surface area contributed by atoms with E-state index in [1.54, 1.807) is 24.3 Å². The van der Waals surface area contributed by atoms with Gasteiger partial charge in [-0.1, -0.05) is 18.2 Å². The van der Waals surface area contributed by atoms with Gasteiger partial charge >= 0.3 is 17.8 Å². The highest BCUT2D eigenvalue weighted by Gasteiger charge is 2.48. The van der Waals surface area contributed by atoms with Crippen LogP contribution in [0.4, 0.5) is 0 Å². The third kappa shape index (κ3) is 2.16. The van der Waals surface area contributed by atoms with Crippen LogP contribution in [0.15, 0.2) is 41.8 Å². The smallest absolute Gasteiger partial charge is 0.376 e. The number of ether oxygens (including phenoxy) is 4. The molecular formula is C15H13NO6. The summed E-state index contributed by atoms with van der Waals surface area (Å²) >= 11 is 0. The van der Waals surface area contributed by atoms with Crippen molar-refractivity contribution in [2.45, 2.75) is 5.91 Å². The number of benzene rings is 1. The lowest BCUT2D eigenvalue weighted by Crippen LogP contribution is -2.48. The summed E-state index contributed by atoms with van der Waals surface area (Å²) in [4.78, 5) is 23.6. The monoisotopic (exact) mass is 303 g/mol. The molecule has 0 aliphatic carbocycles. The second-order valence-electron chi connectivity index (χ2n) is 4.56. The van der Waals surface area contributed by atoms with E-state index in [4.69, 9.17) is 9.47 Å². The Labute approximate surface area is 126 Å². The molecule has 1 atom stereocenters. The first-order valence-corrected chi connectivity index (χ1v) is 6.44. The number of hydrogen-bond donors (Lipinski definition) is 1. The lowest BCUT2D eigenvalue weighted by molar-refractivity contribution is -0.153. The Bertz CT molecular complexity index is 678. The van der Waals surface area contributed by atoms with Gasteiger partial charge in [0.05, 0.1) is 14.2 Å². The van der Waals surface area contributed by atoms with E-state index in [0.717, 1.165) is 5.56 Å². The number of carbonyl (C=O) groups is 2. The Morgan fingerprint density at radius 2 is 1.82 bits per heavy atom. The zero-order chi connectivity index (χ0) is 15.7. The van der Waals surface area contributed by atoms with Crippen molar-refractivity contribution in [3.05, 3.63) is 47.4 Å². The summed E-state index contributed by atoms with van der Waals surface area (Å²) in [5.74, 6) is -2.79. The molecule has 1 unspecified atom stereocenters. The second-order valence-corrected chi connectivity index (χ2v) is 4.56. The van der Waals surface area contributed by atoms with E-state index in [2.05, 4.69) is 14.8 Å². The quantitative estimate of drug-likeness (QED) is 0.813. The first-order chi connectivity index (χ1) is 10.6. The molecule has 0 saturated heterocycles. The van der Waals surface area contributed by atoms with Crippen LogP contribution in [0.2, 0.25) is 0 Å². The highest BCUT2D eigenvalue weighted by atomic mass is 16.7. The van der Waals surface area contributed by atoms with Crippen molar-refractivity contribution in [2.24, 2.45) is 0 Å². The van der Waals surface area contributed by atoms with E-state index in [0.29, 0.717) is 5.75 Å². The van der Waals surface area contributed by atoms with Crippen LogP contribution in [-0.2, 0) is 23.8 Å². The van der Waals surface area contributed by atoms with Crippen LogP contribution in [0.25, 0.3) is 6.08 Å². The van der Waals surface area contributed by atoms with Gasteiger partial charge in [-0.15, -0.1) is 0 Å². The number of carbonyl (C=O) groups excluding carboxylic acids is 2. The second kappa shape index (κ2) is 5.10. The summed E-state index contributed by atoms with van der Waals surface area (Å²) in [5, 5.41) is 2.74. The predicted molar refractivity (Wildman–Crippen MR) is 74.1 cm³/mol. The predicted octanol–water partition coefficient (Wildman–Crippen LogP) is 0.923. The fourth-order valence-electron chi connectivity index (χ4n) is 2.17. The molecule has 0 fully saturated rings. The first kappa shape index (κ1) is 14.0. The van der Waals surface area contributed by atoms with Gasteiger partial charge in [-0.05, 0) is 12.1 Å². The standard InChI is InChI=1S/C15H13NO6/c1-19-13(17)11-12(14(18)20-2)22-15(16-11)8-7-9-5-3-4-6-10(9)21-15/h3-8,16H,1-2H3. The SMILES string of the molecule is COC(=O)C1=C(C(=O)OC)OC2(C=Cc3ccccc3O2)N1. The van der Waals surface area contributed by atoms with E-state index >= 15 is 0 Å². The van der Waals surface area contributed by atoms with Crippen molar-refractivity contribution < 1.29 is 28.5 Å². The van der Waals surface area contributed by atoms with Crippen LogP contribution in [0.3, 0.4) is 0 Å². The van der Waals surface area contributed by atoms with E-state index in [9.17, 15) is 9.59 Å². The van der Waals surface area contributed by atoms with Crippen molar-refractivity contribution in [2.75, 3.05) is 14.2 Å². The third-order valence-corrected chi connectivity index (χ3v) is 3.20. The molecule has 0 radical (unpaired) electrons. The summed E-state index contributed by atoms with van der Waals surface area (Å²) in [6.45, 7) is 0. The lowest BCUT2D eigenvalue weighted by atomic mass is 10.1. The summed E-state index contributed by atoms with van der Waals surface area (Å²) in [7, 11) is 2.38. The molecule has 1 N–H and O–H groups in total. The Morgan fingerprint density at radius 3 is 2.55 bits per heavy atom. The van der Waals surface area contributed by atoms with Crippen molar-refractivity contribution >= 4 is 18.0 Å². The van der Waals surface area contributed by atoms with Gasteiger partial charge in [0.1, 0.15) is 5.75 Å². The van der Waals surface area contributed by atoms with Crippen LogP contribution in [0.5, 0.6) is 5.75 Å². The van der Waals surface area contributed by atoms with Crippen molar-refractivity contribution in [3.63, 3.8) is 0 Å². The Hall–Kier alpha value is -2.96. The average molecular weight is 303 g/mol. The number of para-hydroxylation sites is 1. The molecule has 0 bridgehead atoms. The molecule has 1 aromatic carbocycles. The van der Waals surface area contributed by atoms with Crippen molar-refractivity contribution in [1.29, 1.82) is 0 Å². The van der Waals surface area contributed by atoms with Crippen LogP contribution in [0.1, 0.15) is 5.56 Å². The van der Waals surface area contributed by atoms with Gasteiger partial charge in [0.15, 0.2) is 5.70 Å². The Morgan fingerprint density at radius 1 is 1.09 bits per heavy atom. The molecule has 2 aliphatic heterocycles. The number of fused-ring (bicyclic) bond motifs is 1. The van der Waals surface area contributed by atoms with Gasteiger partial charge in [0.2, 0.25) is 5.76 Å². The van der Waals surface area contributed by atoms with Crippen molar-refractivity contribution in [1.82, 2.24) is 5.32 Å². The van der Waals surface area contributed by atoms with E-state index < -0.39 is 17.8 Å². The molecule has 7 nitrogen and oxygen atoms in total. The number of hydrogen-bond acceptors (Lipinski definition) is 7. The Kier molecular flexibility index (Phi) is 3.25. The number of nitrogens with one attached hydrogen (secondary N) is 1. The number of methoxy groups -OCH3 is 2. The molecular weight excluding hydrogens is 290 g/mol. The van der Waals surface area contributed by atoms with E-state index in [-0.39, 0.29) is 11.5 Å². The maximum absolute atomic E-state index is 11.8. The molecule has 7 heteroatoms. The summed E-state index contributed by atoms with van der Waals surface area (Å²) in [5.41, 5.74) is 0.697. The molecule has 3 rings (SSSR count). The van der Waals surface area contributed by atoms with E-state index in [1.807, 2.05) is 12.1 Å². The summed E-state index contributed by atoms with van der Waals surface area (Å²) in [6, 6.07) is 7.28. The number of rotatable bonds is 2. The largest absolute Gasteiger partial charge is 0.464 e. The molecule has 114 valence electrons. The van der Waals surface area contributed by atoms with Crippen molar-refractivity contribution in [3.8, 4) is 5.75 Å². The van der Waals surface area contributed by atoms with Crippen LogP contribution in [0, 0.1) is 0 Å². The molecule has 2 aliphatic rings. The first-order valence-electron chi connectivity index (χ1n) is 6.44. The Balaban J connectivity index is 1.95. The minimum atomic E-state index is -1.48. The van der Waals surface area contributed by atoms with Gasteiger partial charge in [-0.25, -0.2) is 9.59 Å². The van der Waals surface area contributed by atoms with Gasteiger partial charge < -0.3 is 24.3 Å². The summed E-state index contributed by atoms with van der Waals surface area (Å²) < 4.78 is 20.5. The topological polar surface area (TPSA) is 83.1 Å². The van der Waals surface area contributed by atoms with Gasteiger partial charge in [0, 0.05) is 11.6 Å². The fraction of sp³-hybridized carbons (Fsp3) is 0.200. The van der Waals surface area contributed by atoms with E-state index in [1.165, 1.54) is 14.2 Å². The normalized spacial score (nSPS) is 21.5. The molecule has 1 aromatic rings. The summed E-state index contributed by atoms with van der Waals surface area (Å²) in [6.07, 6.45) is 3.33. The maximum Gasteiger partial charge on any atom is 0.376 e. The molecule has 0 aromatic heterocycles. The van der Waals surface area contributed by atoms with Gasteiger partial charge in [-0.2, -0.15) is 0 Å². The molecule has 0 saturated carbocycles. The van der Waals surface area contributed by atoms with Gasteiger partial charge in [-0.3, -0.25) is 0 Å². The van der Waals surface area contributed by atoms with Gasteiger partial charge in [0.25, 0.3) is 0 Å². The molecule has 0 amide bonds. The lowest BCUT2D eigenvalue weighted by Gasteiger charge is -2.30. The van der Waals surface area contributed by atoms with Crippen LogP contribution in [-0.4, -0.2) is 32.1 Å². The highest BCUT2D eigenvalue weighted by molar-refractivity contribution is 5.99.